The van der Waals surface area contributed by atoms with Crippen molar-refractivity contribution in [2.24, 2.45) is 5.92 Å². The molecule has 1 aliphatic rings. The van der Waals surface area contributed by atoms with Gasteiger partial charge in [-0.2, -0.15) is 0 Å². The van der Waals surface area contributed by atoms with E-state index in [-0.39, 0.29) is 16.9 Å². The van der Waals surface area contributed by atoms with E-state index in [4.69, 9.17) is 4.42 Å². The van der Waals surface area contributed by atoms with E-state index >= 15 is 0 Å². The van der Waals surface area contributed by atoms with Gasteiger partial charge in [-0.25, -0.2) is 13.1 Å². The number of hydrogen-bond donors (Lipinski definition) is 1. The SMILES string of the molecule is CN1CC[C@@H](CNS(=O)(=O)c2ccoc2)[C@@H]1c1cccnc1. The highest BCUT2D eigenvalue weighted by Gasteiger charge is 2.33. The highest BCUT2D eigenvalue weighted by Crippen LogP contribution is 2.35. The Morgan fingerprint density at radius 3 is 3.00 bits per heavy atom. The van der Waals surface area contributed by atoms with E-state index in [1.807, 2.05) is 18.3 Å². The fourth-order valence-electron chi connectivity index (χ4n) is 3.02. The zero-order valence-electron chi connectivity index (χ0n) is 12.3. The molecule has 2 aromatic rings. The lowest BCUT2D eigenvalue weighted by Gasteiger charge is -2.25. The van der Waals surface area contributed by atoms with E-state index in [9.17, 15) is 8.42 Å². The predicted octanol–water partition coefficient (Wildman–Crippen LogP) is 1.65. The Bertz CT molecular complexity index is 701. The first kappa shape index (κ1) is 15.2. The van der Waals surface area contributed by atoms with E-state index in [0.717, 1.165) is 18.5 Å². The lowest BCUT2D eigenvalue weighted by molar-refractivity contribution is 0.276. The summed E-state index contributed by atoms with van der Waals surface area (Å²) in [7, 11) is -1.45. The largest absolute Gasteiger partial charge is 0.471 e. The average Bonchev–Trinajstić information content (AvgIpc) is 3.16. The number of nitrogens with zero attached hydrogens (tertiary/aromatic N) is 2. The van der Waals surface area contributed by atoms with Gasteiger partial charge in [-0.3, -0.25) is 9.88 Å². The van der Waals surface area contributed by atoms with Gasteiger partial charge in [0.2, 0.25) is 10.0 Å². The summed E-state index contributed by atoms with van der Waals surface area (Å²) in [6.45, 7) is 1.34. The van der Waals surface area contributed by atoms with Crippen molar-refractivity contribution in [3.8, 4) is 0 Å². The summed E-state index contributed by atoms with van der Waals surface area (Å²) >= 11 is 0. The highest BCUT2D eigenvalue weighted by molar-refractivity contribution is 7.89. The van der Waals surface area contributed by atoms with Crippen LogP contribution in [0.15, 0.2) is 52.4 Å². The van der Waals surface area contributed by atoms with E-state index in [1.54, 1.807) is 6.20 Å². The van der Waals surface area contributed by atoms with E-state index in [0.29, 0.717) is 6.54 Å². The fraction of sp³-hybridized carbons (Fsp3) is 0.400. The smallest absolute Gasteiger partial charge is 0.243 e. The van der Waals surface area contributed by atoms with Crippen molar-refractivity contribution in [3.05, 3.63) is 48.7 Å². The Morgan fingerprint density at radius 1 is 1.45 bits per heavy atom. The lowest BCUT2D eigenvalue weighted by Crippen LogP contribution is -2.32. The Balaban J connectivity index is 1.72. The number of likely N-dealkylation sites (tertiary alicyclic amines) is 1. The van der Waals surface area contributed by atoms with E-state index in [1.165, 1.54) is 18.6 Å². The zero-order valence-corrected chi connectivity index (χ0v) is 13.2. The standard InChI is InChI=1S/C15H19N3O3S/c1-18-7-4-13(15(18)12-3-2-6-16-9-12)10-17-22(19,20)14-5-8-21-11-14/h2-3,5-6,8-9,11,13,15,17H,4,7,10H2,1H3/t13-,15-/m0/s1. The Hall–Kier alpha value is -1.70. The van der Waals surface area contributed by atoms with Gasteiger partial charge in [-0.1, -0.05) is 6.07 Å². The van der Waals surface area contributed by atoms with Gasteiger partial charge in [-0.05, 0) is 43.6 Å². The number of furan rings is 1. The van der Waals surface area contributed by atoms with Crippen LogP contribution in [0.1, 0.15) is 18.0 Å². The van der Waals surface area contributed by atoms with Crippen LogP contribution in [0.4, 0.5) is 0 Å². The van der Waals surface area contributed by atoms with Crippen LogP contribution in [-0.4, -0.2) is 38.4 Å². The number of nitrogens with one attached hydrogen (secondary N) is 1. The molecule has 2 aromatic heterocycles. The van der Waals surface area contributed by atoms with Crippen LogP contribution in [-0.2, 0) is 10.0 Å². The summed E-state index contributed by atoms with van der Waals surface area (Å²) in [5.74, 6) is 0.218. The molecule has 1 aliphatic heterocycles. The Kier molecular flexibility index (Phi) is 4.28. The second kappa shape index (κ2) is 6.20. The second-order valence-electron chi connectivity index (χ2n) is 5.57. The third kappa shape index (κ3) is 3.06. The van der Waals surface area contributed by atoms with Crippen LogP contribution in [0.3, 0.4) is 0 Å². The first-order valence-electron chi connectivity index (χ1n) is 7.20. The highest BCUT2D eigenvalue weighted by atomic mass is 32.2. The zero-order chi connectivity index (χ0) is 15.6. The van der Waals surface area contributed by atoms with Gasteiger partial charge >= 0.3 is 0 Å². The molecule has 0 spiro atoms. The minimum absolute atomic E-state index is 0.164. The molecule has 7 heteroatoms. The van der Waals surface area contributed by atoms with Crippen LogP contribution in [0.2, 0.25) is 0 Å². The van der Waals surface area contributed by atoms with Gasteiger partial charge in [0.25, 0.3) is 0 Å². The molecule has 1 N–H and O–H groups in total. The molecule has 0 aliphatic carbocycles. The molecule has 118 valence electrons. The predicted molar refractivity (Wildman–Crippen MR) is 81.6 cm³/mol. The molecule has 22 heavy (non-hydrogen) atoms. The third-order valence-corrected chi connectivity index (χ3v) is 5.54. The summed E-state index contributed by atoms with van der Waals surface area (Å²) in [5.41, 5.74) is 1.12. The Labute approximate surface area is 130 Å². The molecular weight excluding hydrogens is 302 g/mol. The van der Waals surface area contributed by atoms with Crippen molar-refractivity contribution < 1.29 is 12.8 Å². The summed E-state index contributed by atoms with van der Waals surface area (Å²) in [6, 6.07) is 5.58. The number of sulfonamides is 1. The van der Waals surface area contributed by atoms with E-state index in [2.05, 4.69) is 21.7 Å². The van der Waals surface area contributed by atoms with Crippen molar-refractivity contribution >= 4 is 10.0 Å². The maximum Gasteiger partial charge on any atom is 0.243 e. The number of hydrogen-bond acceptors (Lipinski definition) is 5. The number of pyridine rings is 1. The summed E-state index contributed by atoms with van der Waals surface area (Å²) in [5, 5.41) is 0. The maximum atomic E-state index is 12.2. The third-order valence-electron chi connectivity index (χ3n) is 4.14. The monoisotopic (exact) mass is 321 g/mol. The van der Waals surface area contributed by atoms with Gasteiger partial charge in [-0.15, -0.1) is 0 Å². The molecule has 0 amide bonds. The van der Waals surface area contributed by atoms with Crippen LogP contribution < -0.4 is 4.72 Å². The number of aromatic nitrogens is 1. The minimum Gasteiger partial charge on any atom is -0.471 e. The molecule has 0 saturated carbocycles. The molecule has 1 saturated heterocycles. The van der Waals surface area contributed by atoms with Crippen LogP contribution in [0.5, 0.6) is 0 Å². The maximum absolute atomic E-state index is 12.2. The second-order valence-corrected chi connectivity index (χ2v) is 7.34. The number of rotatable bonds is 5. The van der Waals surface area contributed by atoms with Gasteiger partial charge < -0.3 is 4.42 Å². The molecule has 0 unspecified atom stereocenters. The van der Waals surface area contributed by atoms with Gasteiger partial charge in [0.15, 0.2) is 0 Å². The average molecular weight is 321 g/mol. The summed E-state index contributed by atoms with van der Waals surface area (Å²) in [6.07, 6.45) is 7.14. The first-order valence-corrected chi connectivity index (χ1v) is 8.68. The van der Waals surface area contributed by atoms with Crippen molar-refractivity contribution in [3.63, 3.8) is 0 Å². The normalized spacial score (nSPS) is 23.0. The van der Waals surface area contributed by atoms with Gasteiger partial charge in [0, 0.05) is 25.0 Å². The molecule has 0 bridgehead atoms. The van der Waals surface area contributed by atoms with Crippen molar-refractivity contribution in [1.82, 2.24) is 14.6 Å². The molecule has 6 nitrogen and oxygen atoms in total. The molecule has 3 rings (SSSR count). The molecule has 0 radical (unpaired) electrons. The molecule has 2 atom stereocenters. The van der Waals surface area contributed by atoms with Crippen LogP contribution in [0, 0.1) is 5.92 Å². The summed E-state index contributed by atoms with van der Waals surface area (Å²) < 4.78 is 31.9. The Morgan fingerprint density at radius 2 is 2.32 bits per heavy atom. The summed E-state index contributed by atoms with van der Waals surface area (Å²) in [4.78, 5) is 6.58. The van der Waals surface area contributed by atoms with Crippen molar-refractivity contribution in [1.29, 1.82) is 0 Å². The fourth-order valence-corrected chi connectivity index (χ4v) is 4.04. The van der Waals surface area contributed by atoms with Crippen LogP contribution in [0.25, 0.3) is 0 Å². The first-order chi connectivity index (χ1) is 10.6. The minimum atomic E-state index is -3.51. The molecule has 3 heterocycles. The molecular formula is C15H19N3O3S. The molecule has 1 fully saturated rings. The van der Waals surface area contributed by atoms with Crippen LogP contribution >= 0.6 is 0 Å². The molecule has 0 aromatic carbocycles. The van der Waals surface area contributed by atoms with Crippen molar-refractivity contribution in [2.75, 3.05) is 20.1 Å². The quantitative estimate of drug-likeness (QED) is 0.906. The topological polar surface area (TPSA) is 75.4 Å². The van der Waals surface area contributed by atoms with E-state index < -0.39 is 10.0 Å². The van der Waals surface area contributed by atoms with Crippen molar-refractivity contribution in [2.45, 2.75) is 17.4 Å². The lowest BCUT2D eigenvalue weighted by atomic mass is 9.95. The van der Waals surface area contributed by atoms with Gasteiger partial charge in [0.1, 0.15) is 11.2 Å². The van der Waals surface area contributed by atoms with Gasteiger partial charge in [0.05, 0.1) is 6.26 Å².